The highest BCUT2D eigenvalue weighted by Crippen LogP contribution is 2.19. The fourth-order valence-electron chi connectivity index (χ4n) is 8.66. The zero-order chi connectivity index (χ0) is 49.7. The van der Waals surface area contributed by atoms with Gasteiger partial charge in [-0.05, 0) is 44.1 Å². The van der Waals surface area contributed by atoms with E-state index in [2.05, 4.69) is 36.7 Å². The summed E-state index contributed by atoms with van der Waals surface area (Å²) in [6.45, 7) is 6.93. The molecule has 0 aliphatic rings. The number of benzene rings is 1. The first-order chi connectivity index (χ1) is 33.1. The Hall–Kier alpha value is -3.51. The van der Waals surface area contributed by atoms with Crippen LogP contribution in [0, 0.1) is 0 Å². The number of ether oxygens (including phenoxy) is 2. The number of carbonyl (C=O) groups is 5. The fraction of sp³-hybridized carbons (Fsp3) is 0.804. The molecule has 0 aromatic heterocycles. The van der Waals surface area contributed by atoms with E-state index in [9.17, 15) is 34.2 Å². The summed E-state index contributed by atoms with van der Waals surface area (Å²) in [6, 6.07) is 8.03. The van der Waals surface area contributed by atoms with E-state index in [-0.39, 0.29) is 44.0 Å². The molecule has 12 heteroatoms. The van der Waals surface area contributed by atoms with Crippen LogP contribution in [0.1, 0.15) is 251 Å². The van der Waals surface area contributed by atoms with Gasteiger partial charge in [-0.25, -0.2) is 0 Å². The van der Waals surface area contributed by atoms with Gasteiger partial charge in [0.25, 0.3) is 0 Å². The van der Waals surface area contributed by atoms with Gasteiger partial charge in [0, 0.05) is 13.0 Å². The Bertz CT molecular complexity index is 1400. The van der Waals surface area contributed by atoms with E-state index in [0.717, 1.165) is 69.8 Å². The van der Waals surface area contributed by atoms with E-state index in [1.807, 2.05) is 30.3 Å². The first-order valence-corrected chi connectivity index (χ1v) is 27.7. The van der Waals surface area contributed by atoms with Crippen molar-refractivity contribution in [3.63, 3.8) is 0 Å². The molecule has 12 nitrogen and oxygen atoms in total. The smallest absolute Gasteiger partial charge is 0.306 e. The average Bonchev–Trinajstić information content (AvgIpc) is 3.32. The number of amides is 3. The maximum absolute atomic E-state index is 13.4. The summed E-state index contributed by atoms with van der Waals surface area (Å²) in [5.41, 5.74) is 1.04. The summed E-state index contributed by atoms with van der Waals surface area (Å²) in [5.74, 6) is -2.97. The highest BCUT2D eigenvalue weighted by Gasteiger charge is 2.26. The zero-order valence-electron chi connectivity index (χ0n) is 43.3. The zero-order valence-corrected chi connectivity index (χ0v) is 43.3. The molecule has 0 radical (unpaired) electrons. The van der Waals surface area contributed by atoms with Crippen molar-refractivity contribution in [2.75, 3.05) is 13.2 Å². The number of unbranched alkanes of at least 4 members (excludes halogenated alkanes) is 24. The minimum absolute atomic E-state index is 0.149. The molecule has 0 unspecified atom stereocenters. The molecule has 392 valence electrons. The standard InChI is InChI=1S/C56H99N3O9/c1-4-7-10-13-16-19-22-25-31-38-49(67-46-47-35-29-28-30-36-47)42-52(61)58-48(45-60)37-34-41-57-56(66)51(44-54(63)64)59-53(62)43-50(39-32-26-23-20-17-14-11-8-5-2)68-55(65)40-33-27-24-21-18-15-12-9-6-3/h28-30,35-36,48-51,60H,4-27,31-34,37-46H2,1-3H3,(H,57,66)(H,58,61)(H,59,62)(H,63,64)/t48-,49-,50-,51+/m1/s1. The Morgan fingerprint density at radius 3 is 1.49 bits per heavy atom. The monoisotopic (exact) mass is 958 g/mol. The van der Waals surface area contributed by atoms with Gasteiger partial charge in [-0.15, -0.1) is 0 Å². The lowest BCUT2D eigenvalue weighted by molar-refractivity contribution is -0.151. The number of aliphatic hydroxyl groups excluding tert-OH is 1. The van der Waals surface area contributed by atoms with Crippen LogP contribution in [0.15, 0.2) is 30.3 Å². The maximum atomic E-state index is 13.4. The topological polar surface area (TPSA) is 180 Å². The predicted molar refractivity (Wildman–Crippen MR) is 275 cm³/mol. The van der Waals surface area contributed by atoms with E-state index in [4.69, 9.17) is 9.47 Å². The van der Waals surface area contributed by atoms with Crippen LogP contribution in [0.3, 0.4) is 0 Å². The molecule has 1 rings (SSSR count). The van der Waals surface area contributed by atoms with E-state index in [1.54, 1.807) is 0 Å². The molecule has 68 heavy (non-hydrogen) atoms. The minimum Gasteiger partial charge on any atom is -0.481 e. The van der Waals surface area contributed by atoms with E-state index < -0.39 is 42.4 Å². The molecule has 4 atom stereocenters. The van der Waals surface area contributed by atoms with Crippen molar-refractivity contribution >= 4 is 29.7 Å². The van der Waals surface area contributed by atoms with Gasteiger partial charge in [0.05, 0.1) is 44.6 Å². The van der Waals surface area contributed by atoms with Gasteiger partial charge in [-0.3, -0.25) is 24.0 Å². The van der Waals surface area contributed by atoms with Gasteiger partial charge in [0.1, 0.15) is 12.1 Å². The first-order valence-electron chi connectivity index (χ1n) is 27.7. The molecular weight excluding hydrogens is 859 g/mol. The third-order valence-corrected chi connectivity index (χ3v) is 12.8. The number of esters is 1. The highest BCUT2D eigenvalue weighted by atomic mass is 16.5. The van der Waals surface area contributed by atoms with Gasteiger partial charge in [-0.1, -0.05) is 212 Å². The molecule has 0 spiro atoms. The molecule has 0 saturated carbocycles. The molecule has 0 saturated heterocycles. The quantitative estimate of drug-likeness (QED) is 0.0314. The van der Waals surface area contributed by atoms with Crippen LogP contribution in [0.2, 0.25) is 0 Å². The van der Waals surface area contributed by atoms with Gasteiger partial charge >= 0.3 is 11.9 Å². The SMILES string of the molecule is CCCCCCCCCCCC(=O)O[C@H](CCCCCCCCCCC)CC(=O)N[C@@H](CC(=O)O)C(=O)NCCC[C@H](CO)NC(=O)C[C@@H](CCCCCCCCCCC)OCc1ccccc1. The third-order valence-electron chi connectivity index (χ3n) is 12.8. The van der Waals surface area contributed by atoms with Crippen molar-refractivity contribution < 1.29 is 43.7 Å². The molecule has 1 aromatic carbocycles. The second-order valence-electron chi connectivity index (χ2n) is 19.3. The lowest BCUT2D eigenvalue weighted by Gasteiger charge is -2.22. The number of carboxylic acids is 1. The number of hydrogen-bond donors (Lipinski definition) is 5. The van der Waals surface area contributed by atoms with Crippen molar-refractivity contribution in [1.82, 2.24) is 16.0 Å². The van der Waals surface area contributed by atoms with Crippen LogP contribution in [-0.4, -0.2) is 77.3 Å². The number of aliphatic hydroxyl groups is 1. The predicted octanol–water partition coefficient (Wildman–Crippen LogP) is 12.4. The Balaban J connectivity index is 2.68. The fourth-order valence-corrected chi connectivity index (χ4v) is 8.66. The Morgan fingerprint density at radius 2 is 0.985 bits per heavy atom. The number of nitrogens with one attached hydrogen (secondary N) is 3. The average molecular weight is 958 g/mol. The van der Waals surface area contributed by atoms with Gasteiger partial charge < -0.3 is 35.6 Å². The van der Waals surface area contributed by atoms with Gasteiger partial charge in [0.2, 0.25) is 17.7 Å². The van der Waals surface area contributed by atoms with Crippen LogP contribution in [0.25, 0.3) is 0 Å². The van der Waals surface area contributed by atoms with E-state index in [0.29, 0.717) is 32.3 Å². The number of rotatable bonds is 48. The molecule has 5 N–H and O–H groups in total. The summed E-state index contributed by atoms with van der Waals surface area (Å²) in [4.78, 5) is 64.6. The highest BCUT2D eigenvalue weighted by molar-refractivity contribution is 5.90. The van der Waals surface area contributed by atoms with Crippen LogP contribution < -0.4 is 16.0 Å². The number of hydrogen-bond acceptors (Lipinski definition) is 8. The second kappa shape index (κ2) is 44.7. The minimum atomic E-state index is -1.32. The second-order valence-corrected chi connectivity index (χ2v) is 19.3. The largest absolute Gasteiger partial charge is 0.481 e. The van der Waals surface area contributed by atoms with E-state index in [1.165, 1.54) is 116 Å². The number of carbonyl (C=O) groups excluding carboxylic acids is 4. The van der Waals surface area contributed by atoms with Crippen molar-refractivity contribution in [3.8, 4) is 0 Å². The molecule has 0 aliphatic carbocycles. The Morgan fingerprint density at radius 1 is 0.529 bits per heavy atom. The lowest BCUT2D eigenvalue weighted by atomic mass is 10.0. The number of carboxylic acid groups (broad SMARTS) is 1. The van der Waals surface area contributed by atoms with Crippen LogP contribution >= 0.6 is 0 Å². The summed E-state index contributed by atoms with van der Waals surface area (Å²) in [5, 5.41) is 28.0. The normalized spacial score (nSPS) is 13.1. The van der Waals surface area contributed by atoms with Crippen LogP contribution in [-0.2, 0) is 40.1 Å². The summed E-state index contributed by atoms with van der Waals surface area (Å²) in [6.07, 6.45) is 32.1. The van der Waals surface area contributed by atoms with Crippen molar-refractivity contribution in [3.05, 3.63) is 35.9 Å². The molecule has 1 aromatic rings. The molecular formula is C56H99N3O9. The Kier molecular flexibility index (Phi) is 41.1. The first kappa shape index (κ1) is 62.5. The summed E-state index contributed by atoms with van der Waals surface area (Å²) in [7, 11) is 0. The van der Waals surface area contributed by atoms with Gasteiger partial charge in [0.15, 0.2) is 0 Å². The molecule has 0 bridgehead atoms. The van der Waals surface area contributed by atoms with Crippen molar-refractivity contribution in [2.45, 2.75) is 276 Å². The maximum Gasteiger partial charge on any atom is 0.306 e. The lowest BCUT2D eigenvalue weighted by Crippen LogP contribution is -2.49. The molecule has 0 fully saturated rings. The summed E-state index contributed by atoms with van der Waals surface area (Å²) >= 11 is 0. The van der Waals surface area contributed by atoms with Crippen LogP contribution in [0.5, 0.6) is 0 Å². The van der Waals surface area contributed by atoms with Gasteiger partial charge in [-0.2, -0.15) is 0 Å². The Labute approximate surface area is 413 Å². The molecule has 0 heterocycles. The van der Waals surface area contributed by atoms with E-state index >= 15 is 0 Å². The summed E-state index contributed by atoms with van der Waals surface area (Å²) < 4.78 is 12.1. The molecule has 3 amide bonds. The van der Waals surface area contributed by atoms with Crippen molar-refractivity contribution in [2.24, 2.45) is 0 Å². The number of aliphatic carboxylic acids is 1. The van der Waals surface area contributed by atoms with Crippen LogP contribution in [0.4, 0.5) is 0 Å². The molecule has 0 aliphatic heterocycles. The van der Waals surface area contributed by atoms with Crippen molar-refractivity contribution in [1.29, 1.82) is 0 Å². The third kappa shape index (κ3) is 37.4.